The summed E-state index contributed by atoms with van der Waals surface area (Å²) >= 11 is 1.62. The molecule has 66 heavy (non-hydrogen) atoms. The SMILES string of the molecule is O=C(C[C@@H](Cc1ccccc1)C(=O)Nc1ccc(S(=O)(=O)Cl)nc1)c1ccc(F)cc1.O=C(C[C@@H](Cc1ccccc1)C(=O)Nc1ccc(SCc2ccccc2)nc1)c1ccc(F)cc1. The Labute approximate surface area is 390 Å². The Bertz CT molecular complexity index is 2810. The van der Waals surface area contributed by atoms with Gasteiger partial charge < -0.3 is 10.6 Å². The minimum absolute atomic E-state index is 0.0187. The molecule has 0 aliphatic rings. The Hall–Kier alpha value is -6.87. The number of benzene rings is 5. The van der Waals surface area contributed by atoms with Crippen molar-refractivity contribution in [3.8, 4) is 0 Å². The summed E-state index contributed by atoms with van der Waals surface area (Å²) in [5, 5.41) is 6.09. The fourth-order valence-electron chi connectivity index (χ4n) is 6.63. The topological polar surface area (TPSA) is 152 Å². The van der Waals surface area contributed by atoms with Crippen molar-refractivity contribution in [2.45, 2.75) is 41.5 Å². The van der Waals surface area contributed by atoms with Gasteiger partial charge in [-0.3, -0.25) is 19.2 Å². The van der Waals surface area contributed by atoms with Crippen LogP contribution < -0.4 is 10.6 Å². The molecule has 0 unspecified atom stereocenters. The van der Waals surface area contributed by atoms with Crippen molar-refractivity contribution in [1.29, 1.82) is 0 Å². The number of pyridine rings is 2. The predicted molar refractivity (Wildman–Crippen MR) is 253 cm³/mol. The second-order valence-corrected chi connectivity index (χ2v) is 18.5. The van der Waals surface area contributed by atoms with Gasteiger partial charge in [0, 0.05) is 52.2 Å². The Balaban J connectivity index is 0.000000220. The lowest BCUT2D eigenvalue weighted by Gasteiger charge is -2.17. The third kappa shape index (κ3) is 15.4. The number of Topliss-reactive ketones (excluding diaryl/α,β-unsaturated/α-hetero) is 2. The molecule has 0 aliphatic carbocycles. The van der Waals surface area contributed by atoms with E-state index < -0.39 is 38.4 Å². The highest BCUT2D eigenvalue weighted by atomic mass is 35.7. The van der Waals surface area contributed by atoms with E-state index in [0.717, 1.165) is 21.9 Å². The highest BCUT2D eigenvalue weighted by molar-refractivity contribution is 8.13. The summed E-state index contributed by atoms with van der Waals surface area (Å²) in [6.07, 6.45) is 3.46. The Morgan fingerprint density at radius 3 is 1.32 bits per heavy atom. The molecule has 336 valence electrons. The fraction of sp³-hybridized carbons (Fsp3) is 0.137. The van der Waals surface area contributed by atoms with Crippen molar-refractivity contribution in [3.05, 3.63) is 216 Å². The third-order valence-corrected chi connectivity index (χ3v) is 12.3. The average Bonchev–Trinajstić information content (AvgIpc) is 3.32. The molecular formula is C51H43ClF2N4O6S2. The van der Waals surface area contributed by atoms with Crippen molar-refractivity contribution >= 4 is 66.3 Å². The summed E-state index contributed by atoms with van der Waals surface area (Å²) in [6, 6.07) is 45.7. The molecule has 2 N–H and O–H groups in total. The molecule has 10 nitrogen and oxygen atoms in total. The minimum atomic E-state index is -3.98. The van der Waals surface area contributed by atoms with Gasteiger partial charge in [0.1, 0.15) is 11.6 Å². The maximum atomic E-state index is 13.3. The lowest BCUT2D eigenvalue weighted by atomic mass is 9.91. The molecule has 2 heterocycles. The summed E-state index contributed by atoms with van der Waals surface area (Å²) in [7, 11) is 1.27. The van der Waals surface area contributed by atoms with Crippen LogP contribution in [0.4, 0.5) is 20.2 Å². The van der Waals surface area contributed by atoms with E-state index >= 15 is 0 Å². The number of amides is 2. The number of carbonyl (C=O) groups is 4. The first-order valence-electron chi connectivity index (χ1n) is 20.6. The van der Waals surface area contributed by atoms with Gasteiger partial charge in [0.2, 0.25) is 11.8 Å². The molecule has 0 bridgehead atoms. The quantitative estimate of drug-likeness (QED) is 0.0486. The van der Waals surface area contributed by atoms with E-state index in [-0.39, 0.29) is 41.0 Å². The molecule has 2 atom stereocenters. The molecule has 0 fully saturated rings. The van der Waals surface area contributed by atoms with Crippen LogP contribution in [0.15, 0.2) is 186 Å². The fourth-order valence-corrected chi connectivity index (χ4v) is 8.11. The molecule has 5 aromatic carbocycles. The van der Waals surface area contributed by atoms with Crippen LogP contribution in [0.25, 0.3) is 0 Å². The zero-order chi connectivity index (χ0) is 46.9. The molecule has 0 saturated carbocycles. The number of hydrogen-bond donors (Lipinski definition) is 2. The highest BCUT2D eigenvalue weighted by Gasteiger charge is 2.25. The Morgan fingerprint density at radius 2 is 0.939 bits per heavy atom. The summed E-state index contributed by atoms with van der Waals surface area (Å²) < 4.78 is 49.0. The number of ketones is 2. The normalized spacial score (nSPS) is 11.9. The number of rotatable bonds is 18. The number of anilines is 2. The molecule has 2 aromatic heterocycles. The first-order chi connectivity index (χ1) is 31.8. The van der Waals surface area contributed by atoms with Crippen molar-refractivity contribution < 1.29 is 36.4 Å². The van der Waals surface area contributed by atoms with Crippen LogP contribution in [0, 0.1) is 23.5 Å². The number of thioether (sulfide) groups is 1. The Morgan fingerprint density at radius 1 is 0.530 bits per heavy atom. The first kappa shape index (κ1) is 48.6. The van der Waals surface area contributed by atoms with E-state index in [1.54, 1.807) is 18.0 Å². The second-order valence-electron chi connectivity index (χ2n) is 15.0. The molecule has 7 aromatic rings. The van der Waals surface area contributed by atoms with Crippen molar-refractivity contribution in [3.63, 3.8) is 0 Å². The maximum absolute atomic E-state index is 13.3. The molecule has 15 heteroatoms. The standard InChI is InChI=1S/C29H25FN2O2S.C22H18ClFN2O4S/c30-25-13-11-23(12-14-25)27(33)18-24(17-21-7-3-1-4-8-21)29(34)32-26-15-16-28(31-19-26)35-20-22-9-5-2-6-10-22;23-31(29,30)21-11-10-19(14-25-21)26-22(28)17(12-15-4-2-1-3-5-15)13-20(27)16-6-8-18(24)9-7-16/h1-16,19,24H,17-18,20H2,(H,32,34);1-11,14,17H,12-13H2,(H,26,28)/t24-;17-/m11/s1. The largest absolute Gasteiger partial charge is 0.324 e. The van der Waals surface area contributed by atoms with Crippen LogP contribution in [0.5, 0.6) is 0 Å². The number of hydrogen-bond acceptors (Lipinski definition) is 9. The van der Waals surface area contributed by atoms with Crippen molar-refractivity contribution in [2.75, 3.05) is 10.6 Å². The van der Waals surface area contributed by atoms with E-state index in [1.165, 1.54) is 72.4 Å². The zero-order valence-electron chi connectivity index (χ0n) is 35.2. The van der Waals surface area contributed by atoms with Crippen LogP contribution in [0.3, 0.4) is 0 Å². The van der Waals surface area contributed by atoms with E-state index in [9.17, 15) is 36.4 Å². The van der Waals surface area contributed by atoms with Gasteiger partial charge >= 0.3 is 0 Å². The number of aromatic nitrogens is 2. The van der Waals surface area contributed by atoms with Gasteiger partial charge in [0.25, 0.3) is 9.05 Å². The van der Waals surface area contributed by atoms with Gasteiger partial charge in [0.15, 0.2) is 16.6 Å². The van der Waals surface area contributed by atoms with Crippen LogP contribution in [-0.4, -0.2) is 41.8 Å². The molecule has 0 saturated heterocycles. The monoisotopic (exact) mass is 944 g/mol. The number of nitrogens with one attached hydrogen (secondary N) is 2. The molecule has 7 rings (SSSR count). The first-order valence-corrected chi connectivity index (χ1v) is 23.9. The van der Waals surface area contributed by atoms with E-state index in [1.807, 2.05) is 91.0 Å². The highest BCUT2D eigenvalue weighted by Crippen LogP contribution is 2.24. The predicted octanol–water partition coefficient (Wildman–Crippen LogP) is 10.8. The number of halogens is 3. The van der Waals surface area contributed by atoms with Crippen molar-refractivity contribution in [1.82, 2.24) is 9.97 Å². The van der Waals surface area contributed by atoms with Crippen LogP contribution in [-0.2, 0) is 37.2 Å². The maximum Gasteiger partial charge on any atom is 0.278 e. The molecule has 0 spiro atoms. The average molecular weight is 946 g/mol. The van der Waals surface area contributed by atoms with Gasteiger partial charge in [-0.15, -0.1) is 11.8 Å². The van der Waals surface area contributed by atoms with Gasteiger partial charge in [0.05, 0.1) is 28.8 Å². The lowest BCUT2D eigenvalue weighted by Crippen LogP contribution is -2.27. The van der Waals surface area contributed by atoms with Crippen molar-refractivity contribution in [2.24, 2.45) is 11.8 Å². The van der Waals surface area contributed by atoms with Crippen LogP contribution in [0.1, 0.15) is 50.2 Å². The molecule has 0 aliphatic heterocycles. The van der Waals surface area contributed by atoms with Gasteiger partial charge in [-0.2, -0.15) is 0 Å². The van der Waals surface area contributed by atoms with Gasteiger partial charge in [-0.25, -0.2) is 27.2 Å². The van der Waals surface area contributed by atoms with E-state index in [4.69, 9.17) is 10.7 Å². The van der Waals surface area contributed by atoms with Gasteiger partial charge in [-0.05, 0) is 102 Å². The summed E-state index contributed by atoms with van der Waals surface area (Å²) in [6.45, 7) is 0. The lowest BCUT2D eigenvalue weighted by molar-refractivity contribution is -0.120. The van der Waals surface area contributed by atoms with Crippen LogP contribution in [0.2, 0.25) is 0 Å². The molecule has 0 radical (unpaired) electrons. The second kappa shape index (κ2) is 23.9. The molecular weight excluding hydrogens is 902 g/mol. The summed E-state index contributed by atoms with van der Waals surface area (Å²) in [4.78, 5) is 59.8. The van der Waals surface area contributed by atoms with E-state index in [2.05, 4.69) is 32.7 Å². The number of nitrogens with zero attached hydrogens (tertiary/aromatic N) is 2. The summed E-state index contributed by atoms with van der Waals surface area (Å²) in [5.41, 5.74) is 4.59. The minimum Gasteiger partial charge on any atom is -0.324 e. The number of carbonyl (C=O) groups excluding carboxylic acids is 4. The Kier molecular flexibility index (Phi) is 17.6. The van der Waals surface area contributed by atoms with Gasteiger partial charge in [-0.1, -0.05) is 91.0 Å². The molecule has 2 amide bonds. The summed E-state index contributed by atoms with van der Waals surface area (Å²) in [5.74, 6) is -2.52. The zero-order valence-corrected chi connectivity index (χ0v) is 37.6. The smallest absolute Gasteiger partial charge is 0.278 e. The van der Waals surface area contributed by atoms with Crippen LogP contribution >= 0.6 is 22.4 Å². The third-order valence-electron chi connectivity index (χ3n) is 10.1. The van der Waals surface area contributed by atoms with E-state index in [0.29, 0.717) is 29.7 Å².